The number of aliphatic hydroxyl groups is 1. The molecule has 1 fully saturated rings. The molecule has 15 heavy (non-hydrogen) atoms. The molecule has 0 amide bonds. The lowest BCUT2D eigenvalue weighted by molar-refractivity contribution is 0.116. The first-order valence-corrected chi connectivity index (χ1v) is 5.25. The molecule has 2 rings (SSSR count). The second kappa shape index (κ2) is 4.44. The molecule has 0 bridgehead atoms. The number of anilines is 1. The van der Waals surface area contributed by atoms with Crippen LogP contribution in [-0.2, 0) is 0 Å². The van der Waals surface area contributed by atoms with Crippen LogP contribution in [0.2, 0.25) is 0 Å². The van der Waals surface area contributed by atoms with Crippen molar-refractivity contribution >= 4 is 5.69 Å². The van der Waals surface area contributed by atoms with Gasteiger partial charge in [-0.3, -0.25) is 4.79 Å². The van der Waals surface area contributed by atoms with E-state index >= 15 is 0 Å². The molecule has 0 saturated heterocycles. The number of nitrogens with zero attached hydrogens (tertiary/aromatic N) is 1. The normalized spacial score (nSPS) is 26.2. The molecule has 0 radical (unpaired) electrons. The third kappa shape index (κ3) is 2.56. The number of aromatic nitrogens is 2. The first kappa shape index (κ1) is 10.2. The van der Waals surface area contributed by atoms with E-state index in [1.807, 2.05) is 0 Å². The molecule has 0 aliphatic heterocycles. The summed E-state index contributed by atoms with van der Waals surface area (Å²) < 4.78 is 0. The Morgan fingerprint density at radius 1 is 1.47 bits per heavy atom. The van der Waals surface area contributed by atoms with Gasteiger partial charge in [-0.05, 0) is 12.8 Å². The minimum absolute atomic E-state index is 0.0438. The predicted molar refractivity (Wildman–Crippen MR) is 56.7 cm³/mol. The second-order valence-electron chi connectivity index (χ2n) is 3.94. The number of rotatable bonds is 2. The van der Waals surface area contributed by atoms with E-state index in [0.29, 0.717) is 5.69 Å². The quantitative estimate of drug-likeness (QED) is 0.662. The summed E-state index contributed by atoms with van der Waals surface area (Å²) in [5.74, 6) is 0. The molecule has 1 aromatic rings. The highest BCUT2D eigenvalue weighted by atomic mass is 16.3. The Bertz CT molecular complexity index is 377. The van der Waals surface area contributed by atoms with E-state index in [9.17, 15) is 9.90 Å². The molecule has 0 aromatic carbocycles. The van der Waals surface area contributed by atoms with Crippen LogP contribution in [0.1, 0.15) is 25.7 Å². The van der Waals surface area contributed by atoms with Crippen molar-refractivity contribution in [3.8, 4) is 0 Å². The molecule has 2 atom stereocenters. The number of hydrogen-bond donors (Lipinski definition) is 3. The lowest BCUT2D eigenvalue weighted by Crippen LogP contribution is -2.36. The smallest absolute Gasteiger partial charge is 0.266 e. The van der Waals surface area contributed by atoms with Gasteiger partial charge in [-0.2, -0.15) is 5.10 Å². The number of hydrogen-bond acceptors (Lipinski definition) is 4. The summed E-state index contributed by atoms with van der Waals surface area (Å²) in [6, 6.07) is 1.50. The van der Waals surface area contributed by atoms with Crippen molar-refractivity contribution in [3.05, 3.63) is 22.6 Å². The van der Waals surface area contributed by atoms with Gasteiger partial charge in [0.1, 0.15) is 0 Å². The predicted octanol–water partition coefficient (Wildman–Crippen LogP) is 0.485. The van der Waals surface area contributed by atoms with Gasteiger partial charge in [-0.25, -0.2) is 5.10 Å². The van der Waals surface area contributed by atoms with E-state index in [4.69, 9.17) is 0 Å². The van der Waals surface area contributed by atoms with Crippen LogP contribution < -0.4 is 10.9 Å². The Kier molecular flexibility index (Phi) is 3.01. The molecular weight excluding hydrogens is 194 g/mol. The summed E-state index contributed by atoms with van der Waals surface area (Å²) in [7, 11) is 0. The summed E-state index contributed by atoms with van der Waals surface area (Å²) in [6.07, 6.45) is 5.20. The van der Waals surface area contributed by atoms with Crippen molar-refractivity contribution in [3.63, 3.8) is 0 Å². The maximum atomic E-state index is 11.0. The van der Waals surface area contributed by atoms with Crippen molar-refractivity contribution in [2.75, 3.05) is 5.32 Å². The monoisotopic (exact) mass is 209 g/mol. The Balaban J connectivity index is 2.04. The van der Waals surface area contributed by atoms with E-state index in [1.165, 1.54) is 6.07 Å². The molecule has 1 aliphatic carbocycles. The largest absolute Gasteiger partial charge is 0.391 e. The molecule has 5 heteroatoms. The zero-order valence-corrected chi connectivity index (χ0v) is 8.44. The molecule has 0 spiro atoms. The molecule has 1 heterocycles. The fourth-order valence-electron chi connectivity index (χ4n) is 1.95. The third-order valence-electron chi connectivity index (χ3n) is 2.75. The zero-order chi connectivity index (χ0) is 10.7. The van der Waals surface area contributed by atoms with Crippen LogP contribution >= 0.6 is 0 Å². The molecule has 1 aliphatic rings. The van der Waals surface area contributed by atoms with Crippen molar-refractivity contribution in [1.82, 2.24) is 10.2 Å². The van der Waals surface area contributed by atoms with E-state index in [0.717, 1.165) is 25.7 Å². The van der Waals surface area contributed by atoms with Crippen LogP contribution in [0.4, 0.5) is 5.69 Å². The second-order valence-corrected chi connectivity index (χ2v) is 3.94. The van der Waals surface area contributed by atoms with Gasteiger partial charge in [-0.15, -0.1) is 0 Å². The van der Waals surface area contributed by atoms with Crippen LogP contribution in [0, 0.1) is 0 Å². The first-order chi connectivity index (χ1) is 7.25. The minimum Gasteiger partial charge on any atom is -0.391 e. The van der Waals surface area contributed by atoms with Crippen LogP contribution in [0.3, 0.4) is 0 Å². The van der Waals surface area contributed by atoms with Gasteiger partial charge in [0.15, 0.2) is 0 Å². The molecule has 82 valence electrons. The third-order valence-corrected chi connectivity index (χ3v) is 2.75. The molecule has 1 aromatic heterocycles. The standard InChI is InChI=1S/C10H15N3O2/c14-9-4-2-1-3-8(9)12-7-5-10(15)13-11-6-7/h5-6,8-9,14H,1-4H2,(H2,12,13,15). The Hall–Kier alpha value is -1.36. The molecule has 5 nitrogen and oxygen atoms in total. The highest BCUT2D eigenvalue weighted by molar-refractivity contribution is 5.40. The van der Waals surface area contributed by atoms with Gasteiger partial charge in [0.2, 0.25) is 0 Å². The highest BCUT2D eigenvalue weighted by Gasteiger charge is 2.22. The fourth-order valence-corrected chi connectivity index (χ4v) is 1.95. The van der Waals surface area contributed by atoms with Crippen LogP contribution in [0.15, 0.2) is 17.1 Å². The van der Waals surface area contributed by atoms with Gasteiger partial charge in [0.25, 0.3) is 5.56 Å². The summed E-state index contributed by atoms with van der Waals surface area (Å²) in [4.78, 5) is 11.0. The van der Waals surface area contributed by atoms with Crippen LogP contribution in [-0.4, -0.2) is 27.4 Å². The van der Waals surface area contributed by atoms with E-state index in [2.05, 4.69) is 15.5 Å². The average Bonchev–Trinajstić information content (AvgIpc) is 2.22. The van der Waals surface area contributed by atoms with Gasteiger partial charge in [0, 0.05) is 6.07 Å². The summed E-state index contributed by atoms with van der Waals surface area (Å²) in [6.45, 7) is 0. The van der Waals surface area contributed by atoms with Gasteiger partial charge in [0.05, 0.1) is 24.0 Å². The van der Waals surface area contributed by atoms with Crippen LogP contribution in [0.5, 0.6) is 0 Å². The number of aromatic amines is 1. The number of aliphatic hydroxyl groups excluding tert-OH is 1. The summed E-state index contributed by atoms with van der Waals surface area (Å²) in [5.41, 5.74) is 0.440. The van der Waals surface area contributed by atoms with E-state index < -0.39 is 0 Å². The van der Waals surface area contributed by atoms with Crippen molar-refractivity contribution in [1.29, 1.82) is 0 Å². The van der Waals surface area contributed by atoms with E-state index in [-0.39, 0.29) is 17.7 Å². The lowest BCUT2D eigenvalue weighted by atomic mass is 9.92. The minimum atomic E-state index is -0.321. The average molecular weight is 209 g/mol. The maximum absolute atomic E-state index is 11.0. The molecule has 3 N–H and O–H groups in total. The Morgan fingerprint density at radius 2 is 2.27 bits per heavy atom. The number of nitrogens with one attached hydrogen (secondary N) is 2. The van der Waals surface area contributed by atoms with Crippen molar-refractivity contribution in [2.45, 2.75) is 37.8 Å². The highest BCUT2D eigenvalue weighted by Crippen LogP contribution is 2.21. The molecule has 1 saturated carbocycles. The Morgan fingerprint density at radius 3 is 3.00 bits per heavy atom. The fraction of sp³-hybridized carbons (Fsp3) is 0.600. The Labute approximate surface area is 87.5 Å². The summed E-state index contributed by atoms with van der Waals surface area (Å²) >= 11 is 0. The zero-order valence-electron chi connectivity index (χ0n) is 8.44. The van der Waals surface area contributed by atoms with Gasteiger partial charge >= 0.3 is 0 Å². The van der Waals surface area contributed by atoms with Crippen molar-refractivity contribution in [2.24, 2.45) is 0 Å². The molecule has 2 unspecified atom stereocenters. The topological polar surface area (TPSA) is 78.0 Å². The van der Waals surface area contributed by atoms with Crippen LogP contribution in [0.25, 0.3) is 0 Å². The maximum Gasteiger partial charge on any atom is 0.266 e. The van der Waals surface area contributed by atoms with Gasteiger partial charge < -0.3 is 10.4 Å². The summed E-state index contributed by atoms with van der Waals surface area (Å²) in [5, 5.41) is 18.9. The lowest BCUT2D eigenvalue weighted by Gasteiger charge is -2.28. The number of H-pyrrole nitrogens is 1. The molecular formula is C10H15N3O2. The van der Waals surface area contributed by atoms with Gasteiger partial charge in [-0.1, -0.05) is 12.8 Å². The first-order valence-electron chi connectivity index (χ1n) is 5.25. The van der Waals surface area contributed by atoms with E-state index in [1.54, 1.807) is 6.20 Å². The van der Waals surface area contributed by atoms with Crippen molar-refractivity contribution < 1.29 is 5.11 Å². The SMILES string of the molecule is O=c1cc(NC2CCCCC2O)cn[nH]1.